The van der Waals surface area contributed by atoms with E-state index in [2.05, 4.69) is 50.2 Å². The van der Waals surface area contributed by atoms with Crippen LogP contribution in [-0.4, -0.2) is 24.1 Å². The van der Waals surface area contributed by atoms with Crippen molar-refractivity contribution < 1.29 is 14.6 Å². The molecular weight excluding hydrogens is 348 g/mol. The van der Waals surface area contributed by atoms with Crippen LogP contribution in [0, 0.1) is 5.92 Å². The average molecular weight is 381 g/mol. The fourth-order valence-corrected chi connectivity index (χ4v) is 5.74. The summed E-state index contributed by atoms with van der Waals surface area (Å²) in [5.74, 6) is 0.445. The van der Waals surface area contributed by atoms with Gasteiger partial charge >= 0.3 is 0 Å². The van der Waals surface area contributed by atoms with Crippen LogP contribution in [0.1, 0.15) is 56.2 Å². The Hall–Kier alpha value is -1.84. The third kappa shape index (κ3) is 3.46. The van der Waals surface area contributed by atoms with Crippen LogP contribution in [0.4, 0.5) is 0 Å². The summed E-state index contributed by atoms with van der Waals surface area (Å²) in [6.45, 7) is 5.49. The van der Waals surface area contributed by atoms with Crippen LogP contribution >= 0.6 is 0 Å². The molecule has 0 aromatic heterocycles. The van der Waals surface area contributed by atoms with Crippen LogP contribution in [0.2, 0.25) is 0 Å². The first kappa shape index (κ1) is 19.5. The van der Waals surface area contributed by atoms with Crippen molar-refractivity contribution in [2.45, 2.75) is 63.6 Å². The number of ether oxygens (including phenoxy) is 2. The molecule has 2 aromatic carbocycles. The molecule has 0 saturated heterocycles. The first-order valence-corrected chi connectivity index (χ1v) is 10.7. The van der Waals surface area contributed by atoms with Crippen molar-refractivity contribution in [1.29, 1.82) is 0 Å². The number of fused-ring (bicyclic) bond motifs is 3. The predicted molar refractivity (Wildman–Crippen MR) is 112 cm³/mol. The number of phenols is 1. The highest BCUT2D eigenvalue weighted by Gasteiger charge is 2.53. The first-order valence-electron chi connectivity index (χ1n) is 10.7. The van der Waals surface area contributed by atoms with E-state index in [1.807, 2.05) is 12.1 Å². The minimum atomic E-state index is -0.442. The molecule has 4 rings (SSSR count). The monoisotopic (exact) mass is 380 g/mol. The molecule has 1 N–H and O–H groups in total. The number of hydrogen-bond donors (Lipinski definition) is 1. The van der Waals surface area contributed by atoms with Gasteiger partial charge in [0.15, 0.2) is 5.79 Å². The zero-order valence-corrected chi connectivity index (χ0v) is 17.1. The highest BCUT2D eigenvalue weighted by Crippen LogP contribution is 2.55. The molecule has 0 radical (unpaired) electrons. The van der Waals surface area contributed by atoms with Crippen molar-refractivity contribution in [3.8, 4) is 5.75 Å². The zero-order valence-electron chi connectivity index (χ0n) is 17.1. The van der Waals surface area contributed by atoms with E-state index in [4.69, 9.17) is 9.47 Å². The van der Waals surface area contributed by atoms with Gasteiger partial charge in [0.2, 0.25) is 0 Å². The maximum absolute atomic E-state index is 10.0. The Labute approximate surface area is 168 Å². The molecule has 150 valence electrons. The van der Waals surface area contributed by atoms with Crippen molar-refractivity contribution in [1.82, 2.24) is 0 Å². The van der Waals surface area contributed by atoms with Gasteiger partial charge in [-0.25, -0.2) is 0 Å². The van der Waals surface area contributed by atoms with Crippen LogP contribution in [0.5, 0.6) is 5.75 Å². The average Bonchev–Trinajstić information content (AvgIpc) is 2.69. The topological polar surface area (TPSA) is 38.7 Å². The summed E-state index contributed by atoms with van der Waals surface area (Å²) in [6, 6.07) is 16.9. The standard InChI is InChI=1S/C25H32O3/c1-3-27-25(28-4-2)15-14-24(17-19-8-6-5-7-9-19)21(18-25)11-10-20-16-22(26)12-13-23(20)24/h5-9,12-13,16,21,26H,3-4,10-11,14-15,17-18H2,1-2H3/t21-,24+/m1/s1. The molecule has 0 aliphatic heterocycles. The normalized spacial score (nSPS) is 25.7. The fraction of sp³-hybridized carbons (Fsp3) is 0.520. The Morgan fingerprint density at radius 3 is 2.46 bits per heavy atom. The molecule has 2 aromatic rings. The summed E-state index contributed by atoms with van der Waals surface area (Å²) < 4.78 is 12.4. The predicted octanol–water partition coefficient (Wildman–Crippen LogP) is 5.39. The smallest absolute Gasteiger partial charge is 0.168 e. The van der Waals surface area contributed by atoms with Crippen molar-refractivity contribution in [3.05, 3.63) is 65.2 Å². The van der Waals surface area contributed by atoms with E-state index in [1.54, 1.807) is 0 Å². The van der Waals surface area contributed by atoms with Crippen LogP contribution in [0.15, 0.2) is 48.5 Å². The Kier molecular flexibility index (Phi) is 5.48. The van der Waals surface area contributed by atoms with Gasteiger partial charge in [-0.2, -0.15) is 0 Å². The summed E-state index contributed by atoms with van der Waals surface area (Å²) in [7, 11) is 0. The second-order valence-electron chi connectivity index (χ2n) is 8.38. The lowest BCUT2D eigenvalue weighted by molar-refractivity contribution is -0.264. The molecule has 2 atom stereocenters. The number of aromatic hydroxyl groups is 1. The third-order valence-electron chi connectivity index (χ3n) is 6.86. The van der Waals surface area contributed by atoms with Gasteiger partial charge in [-0.3, -0.25) is 0 Å². The molecular formula is C25H32O3. The van der Waals surface area contributed by atoms with E-state index < -0.39 is 5.79 Å². The molecule has 0 bridgehead atoms. The molecule has 3 nitrogen and oxygen atoms in total. The van der Waals surface area contributed by atoms with Gasteiger partial charge in [0.05, 0.1) is 0 Å². The third-order valence-corrected chi connectivity index (χ3v) is 6.86. The minimum absolute atomic E-state index is 0.0837. The lowest BCUT2D eigenvalue weighted by Crippen LogP contribution is -2.53. The Balaban J connectivity index is 1.75. The lowest BCUT2D eigenvalue weighted by Gasteiger charge is -2.54. The molecule has 0 heterocycles. The molecule has 1 saturated carbocycles. The maximum atomic E-state index is 10.0. The van der Waals surface area contributed by atoms with Crippen molar-refractivity contribution in [2.24, 2.45) is 5.92 Å². The summed E-state index contributed by atoms with van der Waals surface area (Å²) in [5.41, 5.74) is 4.20. The molecule has 0 amide bonds. The van der Waals surface area contributed by atoms with Gasteiger partial charge in [0, 0.05) is 31.5 Å². The molecule has 2 aliphatic rings. The van der Waals surface area contributed by atoms with Crippen LogP contribution < -0.4 is 0 Å². The maximum Gasteiger partial charge on any atom is 0.168 e. The van der Waals surface area contributed by atoms with Crippen LogP contribution in [0.25, 0.3) is 0 Å². The second-order valence-corrected chi connectivity index (χ2v) is 8.38. The van der Waals surface area contributed by atoms with E-state index >= 15 is 0 Å². The summed E-state index contributed by atoms with van der Waals surface area (Å²) in [5, 5.41) is 10.0. The second kappa shape index (κ2) is 7.88. The largest absolute Gasteiger partial charge is 0.508 e. The zero-order chi connectivity index (χ0) is 19.6. The Bertz CT molecular complexity index is 795. The van der Waals surface area contributed by atoms with Gasteiger partial charge in [-0.15, -0.1) is 0 Å². The minimum Gasteiger partial charge on any atom is -0.508 e. The highest BCUT2D eigenvalue weighted by atomic mass is 16.7. The molecule has 2 aliphatic carbocycles. The van der Waals surface area contributed by atoms with Crippen molar-refractivity contribution >= 4 is 0 Å². The number of hydrogen-bond acceptors (Lipinski definition) is 3. The quantitative estimate of drug-likeness (QED) is 0.683. The Morgan fingerprint density at radius 2 is 1.75 bits per heavy atom. The SMILES string of the molecule is CCOC1(OCC)CC[C@@]2(Cc3ccccc3)c3ccc(O)cc3CC[C@@H]2C1. The highest BCUT2D eigenvalue weighted by molar-refractivity contribution is 5.44. The lowest BCUT2D eigenvalue weighted by atomic mass is 9.54. The van der Waals surface area contributed by atoms with Crippen LogP contribution in [-0.2, 0) is 27.7 Å². The van der Waals surface area contributed by atoms with Crippen LogP contribution in [0.3, 0.4) is 0 Å². The first-order chi connectivity index (χ1) is 13.6. The van der Waals surface area contributed by atoms with Gasteiger partial charge in [0.1, 0.15) is 5.75 Å². The molecule has 0 unspecified atom stereocenters. The summed E-state index contributed by atoms with van der Waals surface area (Å²) >= 11 is 0. The van der Waals surface area contributed by atoms with Gasteiger partial charge in [0.25, 0.3) is 0 Å². The molecule has 1 fully saturated rings. The number of aryl methyl sites for hydroxylation is 1. The fourth-order valence-electron chi connectivity index (χ4n) is 5.74. The Morgan fingerprint density at radius 1 is 1.00 bits per heavy atom. The van der Waals surface area contributed by atoms with E-state index in [9.17, 15) is 5.11 Å². The van der Waals surface area contributed by atoms with Gasteiger partial charge < -0.3 is 14.6 Å². The van der Waals surface area contributed by atoms with Crippen molar-refractivity contribution in [3.63, 3.8) is 0 Å². The van der Waals surface area contributed by atoms with Gasteiger partial charge in [-0.1, -0.05) is 36.4 Å². The van der Waals surface area contributed by atoms with E-state index in [-0.39, 0.29) is 5.41 Å². The number of benzene rings is 2. The van der Waals surface area contributed by atoms with Crippen molar-refractivity contribution in [2.75, 3.05) is 13.2 Å². The summed E-state index contributed by atoms with van der Waals surface area (Å²) in [6.07, 6.45) is 6.07. The molecule has 3 heteroatoms. The number of rotatable bonds is 6. The summed E-state index contributed by atoms with van der Waals surface area (Å²) in [4.78, 5) is 0. The van der Waals surface area contributed by atoms with E-state index in [1.165, 1.54) is 16.7 Å². The number of phenolic OH excluding ortho intramolecular Hbond substituents is 1. The molecule has 28 heavy (non-hydrogen) atoms. The van der Waals surface area contributed by atoms with E-state index in [0.717, 1.165) is 38.5 Å². The molecule has 0 spiro atoms. The van der Waals surface area contributed by atoms with Gasteiger partial charge in [-0.05, 0) is 74.3 Å². The van der Waals surface area contributed by atoms with E-state index in [0.29, 0.717) is 24.9 Å².